The number of ketones is 2. The highest BCUT2D eigenvalue weighted by molar-refractivity contribution is 7.88. The van der Waals surface area contributed by atoms with Gasteiger partial charge >= 0.3 is 15.6 Å². The van der Waals surface area contributed by atoms with E-state index in [1.807, 2.05) is 0 Å². The zero-order valence-corrected chi connectivity index (χ0v) is 13.2. The van der Waals surface area contributed by atoms with Crippen molar-refractivity contribution in [2.24, 2.45) is 0 Å². The van der Waals surface area contributed by atoms with Crippen molar-refractivity contribution in [1.29, 1.82) is 0 Å². The van der Waals surface area contributed by atoms with Crippen LogP contribution in [0.3, 0.4) is 0 Å². The minimum absolute atomic E-state index is 0.0868. The van der Waals surface area contributed by atoms with Gasteiger partial charge in [0.2, 0.25) is 0 Å². The highest BCUT2D eigenvalue weighted by atomic mass is 32.2. The van der Waals surface area contributed by atoms with Gasteiger partial charge in [-0.2, -0.15) is 21.6 Å². The first-order valence-corrected chi connectivity index (χ1v) is 8.14. The minimum atomic E-state index is -6.18. The quantitative estimate of drug-likeness (QED) is 0.392. The number of halogens is 3. The van der Waals surface area contributed by atoms with Gasteiger partial charge in [0.25, 0.3) is 0 Å². The third kappa shape index (κ3) is 2.47. The normalized spacial score (nSPS) is 14.0. The molecule has 0 amide bonds. The van der Waals surface area contributed by atoms with Gasteiger partial charge in [0.05, 0.1) is 11.1 Å². The highest BCUT2D eigenvalue weighted by Crippen LogP contribution is 2.44. The van der Waals surface area contributed by atoms with Crippen LogP contribution in [0, 0.1) is 0 Å². The Bertz CT molecular complexity index is 1070. The van der Waals surface area contributed by atoms with E-state index >= 15 is 0 Å². The van der Waals surface area contributed by atoms with Crippen LogP contribution in [0.15, 0.2) is 30.3 Å². The summed E-state index contributed by atoms with van der Waals surface area (Å²) in [5.74, 6) is -5.51. The van der Waals surface area contributed by atoms with Crippen LogP contribution in [-0.4, -0.2) is 35.7 Å². The van der Waals surface area contributed by atoms with Gasteiger partial charge in [-0.15, -0.1) is 0 Å². The first-order chi connectivity index (χ1) is 12.0. The van der Waals surface area contributed by atoms with Gasteiger partial charge in [0, 0.05) is 17.2 Å². The molecule has 0 saturated carbocycles. The lowest BCUT2D eigenvalue weighted by Gasteiger charge is -2.20. The Balaban J connectivity index is 2.23. The van der Waals surface area contributed by atoms with Crippen LogP contribution < -0.4 is 4.18 Å². The number of alkyl halides is 3. The summed E-state index contributed by atoms with van der Waals surface area (Å²) >= 11 is 0. The summed E-state index contributed by atoms with van der Waals surface area (Å²) in [6, 6.07) is 5.68. The first kappa shape index (κ1) is 17.7. The molecule has 0 aliphatic heterocycles. The Kier molecular flexibility index (Phi) is 3.72. The monoisotopic (exact) mass is 388 g/mol. The van der Waals surface area contributed by atoms with Crippen molar-refractivity contribution in [2.45, 2.75) is 5.51 Å². The van der Waals surface area contributed by atoms with Gasteiger partial charge in [-0.1, -0.05) is 24.3 Å². The third-order valence-electron chi connectivity index (χ3n) is 3.60. The molecule has 0 fully saturated rings. The molecule has 2 aromatic carbocycles. The Morgan fingerprint density at radius 2 is 1.42 bits per heavy atom. The van der Waals surface area contributed by atoms with Crippen molar-refractivity contribution in [3.05, 3.63) is 52.6 Å². The standard InChI is InChI=1S/C15H7F3O7S/c16-15(17,18)26(23,24)25-9-5-8(19)10-11(14(9)22)13(21)7-4-2-1-3-6(7)12(10)20/h1-5,19,22H. The van der Waals surface area contributed by atoms with Crippen molar-refractivity contribution in [2.75, 3.05) is 0 Å². The molecule has 7 nitrogen and oxygen atoms in total. The molecule has 0 spiro atoms. The third-order valence-corrected chi connectivity index (χ3v) is 4.56. The number of aromatic hydroxyl groups is 2. The summed E-state index contributed by atoms with van der Waals surface area (Å²) in [6.07, 6.45) is 0. The second kappa shape index (κ2) is 5.46. The predicted octanol–water partition coefficient (Wildman–Crippen LogP) is 2.10. The molecule has 26 heavy (non-hydrogen) atoms. The van der Waals surface area contributed by atoms with Gasteiger partial charge < -0.3 is 14.4 Å². The van der Waals surface area contributed by atoms with E-state index in [-0.39, 0.29) is 11.1 Å². The summed E-state index contributed by atoms with van der Waals surface area (Å²) < 4.78 is 63.3. The fraction of sp³-hybridized carbons (Fsp3) is 0.0667. The number of carbonyl (C=O) groups is 2. The van der Waals surface area contributed by atoms with Crippen LogP contribution in [0.4, 0.5) is 13.2 Å². The summed E-state index contributed by atoms with van der Waals surface area (Å²) in [6.45, 7) is 0. The average Bonchev–Trinajstić information content (AvgIpc) is 2.54. The van der Waals surface area contributed by atoms with Gasteiger partial charge in [-0.3, -0.25) is 9.59 Å². The SMILES string of the molecule is O=C1c2ccccc2C(=O)c2c(O)c(OS(=O)(=O)C(F)(F)F)cc(O)c21. The van der Waals surface area contributed by atoms with E-state index in [2.05, 4.69) is 4.18 Å². The number of hydrogen-bond donors (Lipinski definition) is 2. The summed E-state index contributed by atoms with van der Waals surface area (Å²) in [7, 11) is -6.18. The molecule has 0 aromatic heterocycles. The van der Waals surface area contributed by atoms with Crippen molar-refractivity contribution in [1.82, 2.24) is 0 Å². The van der Waals surface area contributed by atoms with Crippen LogP contribution in [0.1, 0.15) is 31.8 Å². The lowest BCUT2D eigenvalue weighted by Crippen LogP contribution is -2.28. The van der Waals surface area contributed by atoms with Crippen LogP contribution >= 0.6 is 0 Å². The van der Waals surface area contributed by atoms with Gasteiger partial charge in [0.1, 0.15) is 5.75 Å². The van der Waals surface area contributed by atoms with Crippen LogP contribution in [0.25, 0.3) is 0 Å². The lowest BCUT2D eigenvalue weighted by atomic mass is 9.83. The van der Waals surface area contributed by atoms with E-state index in [1.165, 1.54) is 24.3 Å². The van der Waals surface area contributed by atoms with Crippen molar-refractivity contribution >= 4 is 21.7 Å². The molecule has 0 saturated heterocycles. The van der Waals surface area contributed by atoms with E-state index in [9.17, 15) is 41.4 Å². The second-order valence-electron chi connectivity index (χ2n) is 5.18. The number of phenolic OH excluding ortho intramolecular Hbond substituents is 2. The number of carbonyl (C=O) groups excluding carboxylic acids is 2. The van der Waals surface area contributed by atoms with Crippen LogP contribution in [-0.2, 0) is 10.1 Å². The first-order valence-electron chi connectivity index (χ1n) is 6.74. The number of benzene rings is 2. The van der Waals surface area contributed by atoms with E-state index in [0.29, 0.717) is 6.07 Å². The zero-order chi connectivity index (χ0) is 19.4. The summed E-state index contributed by atoms with van der Waals surface area (Å²) in [4.78, 5) is 24.9. The maximum absolute atomic E-state index is 12.5. The molecule has 11 heteroatoms. The average molecular weight is 388 g/mol. The maximum atomic E-state index is 12.5. The fourth-order valence-corrected chi connectivity index (χ4v) is 2.92. The predicted molar refractivity (Wildman–Crippen MR) is 78.7 cm³/mol. The Morgan fingerprint density at radius 1 is 0.923 bits per heavy atom. The van der Waals surface area contributed by atoms with Gasteiger partial charge in [0.15, 0.2) is 23.1 Å². The molecule has 1 aliphatic carbocycles. The smallest absolute Gasteiger partial charge is 0.507 e. The van der Waals surface area contributed by atoms with Gasteiger partial charge in [-0.25, -0.2) is 0 Å². The van der Waals surface area contributed by atoms with Crippen molar-refractivity contribution in [3.63, 3.8) is 0 Å². The Labute approximate surface area is 143 Å². The molecule has 0 radical (unpaired) electrons. The molecule has 3 rings (SSSR count). The molecule has 0 bridgehead atoms. The van der Waals surface area contributed by atoms with E-state index < -0.39 is 55.6 Å². The fourth-order valence-electron chi connectivity index (χ4n) is 2.46. The molecule has 2 N–H and O–H groups in total. The zero-order valence-electron chi connectivity index (χ0n) is 12.4. The molecule has 2 aromatic rings. The molecule has 1 aliphatic rings. The number of hydrogen-bond acceptors (Lipinski definition) is 7. The van der Waals surface area contributed by atoms with E-state index in [1.54, 1.807) is 0 Å². The van der Waals surface area contributed by atoms with Gasteiger partial charge in [-0.05, 0) is 0 Å². The molecule has 0 atom stereocenters. The van der Waals surface area contributed by atoms with Crippen LogP contribution in [0.5, 0.6) is 17.2 Å². The second-order valence-corrected chi connectivity index (χ2v) is 6.72. The summed E-state index contributed by atoms with van der Waals surface area (Å²) in [5, 5.41) is 20.0. The van der Waals surface area contributed by atoms with Crippen molar-refractivity contribution < 1.29 is 45.6 Å². The maximum Gasteiger partial charge on any atom is 0.534 e. The topological polar surface area (TPSA) is 118 Å². The molecular formula is C15H7F3O7S. The largest absolute Gasteiger partial charge is 0.534 e. The molecular weight excluding hydrogens is 381 g/mol. The van der Waals surface area contributed by atoms with Crippen LogP contribution in [0.2, 0.25) is 0 Å². The summed E-state index contributed by atoms with van der Waals surface area (Å²) in [5.41, 5.74) is -7.58. The van der Waals surface area contributed by atoms with E-state index in [4.69, 9.17) is 0 Å². The molecule has 0 unspecified atom stereocenters. The van der Waals surface area contributed by atoms with E-state index in [0.717, 1.165) is 0 Å². The lowest BCUT2D eigenvalue weighted by molar-refractivity contribution is -0.0500. The Hall–Kier alpha value is -3.08. The number of fused-ring (bicyclic) bond motifs is 2. The number of phenols is 2. The molecule has 0 heterocycles. The molecule has 136 valence electrons. The Morgan fingerprint density at radius 3 is 1.92 bits per heavy atom. The highest BCUT2D eigenvalue weighted by Gasteiger charge is 2.49. The van der Waals surface area contributed by atoms with Crippen molar-refractivity contribution in [3.8, 4) is 17.2 Å². The minimum Gasteiger partial charge on any atom is -0.507 e. The number of rotatable bonds is 2.